The van der Waals surface area contributed by atoms with Crippen LogP contribution in [0.25, 0.3) is 6.08 Å². The maximum Gasteiger partial charge on any atom is 0.185 e. The molecule has 0 aliphatic carbocycles. The van der Waals surface area contributed by atoms with Gasteiger partial charge in [0, 0.05) is 10.5 Å². The highest BCUT2D eigenvalue weighted by Gasteiger charge is 2.03. The molecule has 2 aromatic rings. The van der Waals surface area contributed by atoms with Gasteiger partial charge in [-0.3, -0.25) is 4.79 Å². The van der Waals surface area contributed by atoms with E-state index in [1.165, 1.54) is 108 Å². The first-order valence-corrected chi connectivity index (χ1v) is 16.9. The van der Waals surface area contributed by atoms with Crippen LogP contribution >= 0.6 is 11.8 Å². The molecule has 0 saturated carbocycles. The highest BCUT2D eigenvalue weighted by Crippen LogP contribution is 2.21. The number of thioether (sulfide) groups is 1. The van der Waals surface area contributed by atoms with Gasteiger partial charge in [-0.1, -0.05) is 128 Å². The smallest absolute Gasteiger partial charge is 0.185 e. The maximum atomic E-state index is 12.5. The Labute approximate surface area is 244 Å². The van der Waals surface area contributed by atoms with Crippen LogP contribution in [0, 0.1) is 0 Å². The second-order valence-electron chi connectivity index (χ2n) is 10.8. The third kappa shape index (κ3) is 16.6. The van der Waals surface area contributed by atoms with Crippen molar-refractivity contribution in [1.82, 2.24) is 0 Å². The van der Waals surface area contributed by atoms with E-state index in [-0.39, 0.29) is 5.78 Å². The Hall–Kier alpha value is -2.00. The van der Waals surface area contributed by atoms with E-state index in [1.54, 1.807) is 6.08 Å². The average molecular weight is 551 g/mol. The molecule has 216 valence electrons. The summed E-state index contributed by atoms with van der Waals surface area (Å²) in [4.78, 5) is 13.7. The molecular formula is C36H54O2S. The molecule has 0 atom stereocenters. The minimum atomic E-state index is 0.0357. The fraction of sp³-hybridized carbons (Fsp3) is 0.583. The summed E-state index contributed by atoms with van der Waals surface area (Å²) in [5.41, 5.74) is 1.74. The van der Waals surface area contributed by atoms with Crippen molar-refractivity contribution in [2.45, 2.75) is 128 Å². The van der Waals surface area contributed by atoms with Crippen molar-refractivity contribution in [3.05, 3.63) is 65.7 Å². The second-order valence-corrected chi connectivity index (χ2v) is 12.0. The van der Waals surface area contributed by atoms with Gasteiger partial charge in [0.15, 0.2) is 5.78 Å². The van der Waals surface area contributed by atoms with E-state index in [0.29, 0.717) is 0 Å². The van der Waals surface area contributed by atoms with Gasteiger partial charge in [0.25, 0.3) is 0 Å². The zero-order valence-electron chi connectivity index (χ0n) is 24.9. The Bertz CT molecular complexity index is 885. The van der Waals surface area contributed by atoms with Crippen molar-refractivity contribution in [3.8, 4) is 5.75 Å². The van der Waals surface area contributed by atoms with Gasteiger partial charge in [-0.25, -0.2) is 0 Å². The zero-order valence-corrected chi connectivity index (χ0v) is 25.7. The second kappa shape index (κ2) is 22.8. The first-order valence-electron chi connectivity index (χ1n) is 15.9. The minimum absolute atomic E-state index is 0.0357. The molecule has 2 aromatic carbocycles. The lowest BCUT2D eigenvalue weighted by Gasteiger charge is -2.07. The number of ether oxygens (including phenoxy) is 1. The van der Waals surface area contributed by atoms with Crippen LogP contribution in [0.1, 0.15) is 139 Å². The van der Waals surface area contributed by atoms with Gasteiger partial charge in [0.1, 0.15) is 5.75 Å². The fourth-order valence-electron chi connectivity index (χ4n) is 4.66. The van der Waals surface area contributed by atoms with Crippen molar-refractivity contribution >= 4 is 23.6 Å². The molecule has 0 heterocycles. The molecule has 0 bridgehead atoms. The van der Waals surface area contributed by atoms with Crippen LogP contribution in [0.2, 0.25) is 0 Å². The van der Waals surface area contributed by atoms with Crippen molar-refractivity contribution in [2.75, 3.05) is 12.4 Å². The van der Waals surface area contributed by atoms with Gasteiger partial charge in [0.2, 0.25) is 0 Å². The third-order valence-electron chi connectivity index (χ3n) is 7.23. The Morgan fingerprint density at radius 1 is 0.641 bits per heavy atom. The lowest BCUT2D eigenvalue weighted by molar-refractivity contribution is 0.104. The van der Waals surface area contributed by atoms with E-state index in [4.69, 9.17) is 4.74 Å². The number of allylic oxidation sites excluding steroid dienone is 1. The number of unbranched alkanes of at least 4 members (excludes halogenated alkanes) is 15. The van der Waals surface area contributed by atoms with Gasteiger partial charge in [0.05, 0.1) is 6.61 Å². The molecule has 0 saturated heterocycles. The highest BCUT2D eigenvalue weighted by molar-refractivity contribution is 7.99. The van der Waals surface area contributed by atoms with Gasteiger partial charge in [-0.15, -0.1) is 11.8 Å². The monoisotopic (exact) mass is 550 g/mol. The van der Waals surface area contributed by atoms with Crippen LogP contribution < -0.4 is 4.74 Å². The first kappa shape index (κ1) is 33.2. The zero-order chi connectivity index (χ0) is 27.8. The highest BCUT2D eigenvalue weighted by atomic mass is 32.2. The van der Waals surface area contributed by atoms with Gasteiger partial charge >= 0.3 is 0 Å². The molecule has 0 N–H and O–H groups in total. The molecule has 2 rings (SSSR count). The summed E-state index contributed by atoms with van der Waals surface area (Å²) in [5, 5.41) is 0. The predicted octanol–water partition coefficient (Wildman–Crippen LogP) is 11.7. The number of ketones is 1. The summed E-state index contributed by atoms with van der Waals surface area (Å²) >= 11 is 1.85. The molecule has 0 fully saturated rings. The topological polar surface area (TPSA) is 26.3 Å². The Kier molecular flexibility index (Phi) is 19.4. The third-order valence-corrected chi connectivity index (χ3v) is 8.33. The van der Waals surface area contributed by atoms with E-state index in [0.717, 1.165) is 35.7 Å². The number of benzene rings is 2. The lowest BCUT2D eigenvalue weighted by atomic mass is 10.0. The largest absolute Gasteiger partial charge is 0.494 e. The van der Waals surface area contributed by atoms with Crippen LogP contribution in [0.4, 0.5) is 0 Å². The van der Waals surface area contributed by atoms with Gasteiger partial charge in [-0.2, -0.15) is 0 Å². The van der Waals surface area contributed by atoms with Crippen molar-refractivity contribution in [3.63, 3.8) is 0 Å². The normalized spacial score (nSPS) is 11.3. The molecule has 0 radical (unpaired) electrons. The number of rotatable bonds is 24. The van der Waals surface area contributed by atoms with Crippen LogP contribution in [0.3, 0.4) is 0 Å². The predicted molar refractivity (Wildman–Crippen MR) is 172 cm³/mol. The molecule has 0 unspecified atom stereocenters. The fourth-order valence-corrected chi connectivity index (χ4v) is 5.65. The number of carbonyl (C=O) groups excluding carboxylic acids is 1. The lowest BCUT2D eigenvalue weighted by Crippen LogP contribution is -1.97. The first-order chi connectivity index (χ1) is 19.2. The molecule has 2 nitrogen and oxygen atoms in total. The number of hydrogen-bond acceptors (Lipinski definition) is 3. The molecule has 0 aromatic heterocycles. The molecule has 0 aliphatic rings. The van der Waals surface area contributed by atoms with Gasteiger partial charge < -0.3 is 4.74 Å². The summed E-state index contributed by atoms with van der Waals surface area (Å²) in [7, 11) is 0. The van der Waals surface area contributed by atoms with E-state index in [1.807, 2.05) is 66.4 Å². The Morgan fingerprint density at radius 3 is 1.69 bits per heavy atom. The number of hydrogen-bond donors (Lipinski definition) is 0. The van der Waals surface area contributed by atoms with Crippen LogP contribution in [0.5, 0.6) is 5.75 Å². The van der Waals surface area contributed by atoms with Crippen LogP contribution in [-0.4, -0.2) is 18.1 Å². The van der Waals surface area contributed by atoms with Crippen LogP contribution in [0.15, 0.2) is 59.5 Å². The minimum Gasteiger partial charge on any atom is -0.494 e. The van der Waals surface area contributed by atoms with Crippen molar-refractivity contribution in [1.29, 1.82) is 0 Å². The SMILES string of the molecule is CCCCCCCCCCCCCCCCCOc1ccc(/C=C/C(=O)c2ccc(SCCCC)cc2)cc1. The number of carbonyl (C=O) groups is 1. The summed E-state index contributed by atoms with van der Waals surface area (Å²) in [6.07, 6.45) is 26.6. The van der Waals surface area contributed by atoms with E-state index >= 15 is 0 Å². The van der Waals surface area contributed by atoms with Gasteiger partial charge in [-0.05, 0) is 66.6 Å². The summed E-state index contributed by atoms with van der Waals surface area (Å²) in [5.74, 6) is 2.07. The molecular weight excluding hydrogens is 496 g/mol. The molecule has 0 amide bonds. The van der Waals surface area contributed by atoms with Crippen LogP contribution in [-0.2, 0) is 0 Å². The molecule has 3 heteroatoms. The summed E-state index contributed by atoms with van der Waals surface area (Å²) in [6.45, 7) is 5.27. The van der Waals surface area contributed by atoms with E-state index in [9.17, 15) is 4.79 Å². The molecule has 0 aliphatic heterocycles. The standard InChI is InChI=1S/C36H54O2S/c1-3-5-7-8-9-10-11-12-13-14-15-16-17-18-19-30-38-34-25-20-32(21-26-34)22-29-36(37)33-23-27-35(28-24-33)39-31-6-4-2/h20-29H,3-19,30-31H2,1-2H3/b29-22+. The average Bonchev–Trinajstić information content (AvgIpc) is 2.97. The summed E-state index contributed by atoms with van der Waals surface area (Å²) in [6, 6.07) is 16.0. The van der Waals surface area contributed by atoms with E-state index in [2.05, 4.69) is 13.8 Å². The quantitative estimate of drug-likeness (QED) is 0.0562. The van der Waals surface area contributed by atoms with Crippen molar-refractivity contribution < 1.29 is 9.53 Å². The molecule has 0 spiro atoms. The molecule has 39 heavy (non-hydrogen) atoms. The Morgan fingerprint density at radius 2 is 1.15 bits per heavy atom. The maximum absolute atomic E-state index is 12.5. The van der Waals surface area contributed by atoms with E-state index < -0.39 is 0 Å². The summed E-state index contributed by atoms with van der Waals surface area (Å²) < 4.78 is 5.92. The Balaban J connectivity index is 1.48. The van der Waals surface area contributed by atoms with Crippen molar-refractivity contribution in [2.24, 2.45) is 0 Å².